The summed E-state index contributed by atoms with van der Waals surface area (Å²) in [6, 6.07) is 10.5. The zero-order valence-electron chi connectivity index (χ0n) is 14.6. The fourth-order valence-electron chi connectivity index (χ4n) is 3.13. The zero-order chi connectivity index (χ0) is 19.7. The van der Waals surface area contributed by atoms with Crippen LogP contribution in [-0.4, -0.2) is 24.0 Å². The van der Waals surface area contributed by atoms with Gasteiger partial charge in [-0.2, -0.15) is 13.2 Å². The van der Waals surface area contributed by atoms with Gasteiger partial charge in [-0.25, -0.2) is 0 Å². The van der Waals surface area contributed by atoms with E-state index in [2.05, 4.69) is 10.2 Å². The molecule has 5 nitrogen and oxygen atoms in total. The minimum Gasteiger partial charge on any atom is -0.491 e. The van der Waals surface area contributed by atoms with E-state index in [-0.39, 0.29) is 14.8 Å². The third-order valence-electron chi connectivity index (χ3n) is 4.59. The predicted molar refractivity (Wildman–Crippen MR) is 100 cm³/mol. The van der Waals surface area contributed by atoms with Crippen molar-refractivity contribution in [2.24, 2.45) is 0 Å². The summed E-state index contributed by atoms with van der Waals surface area (Å²) in [6.45, 7) is 1.19. The summed E-state index contributed by atoms with van der Waals surface area (Å²) < 4.78 is 44.1. The van der Waals surface area contributed by atoms with Gasteiger partial charge in [0.1, 0.15) is 18.1 Å². The summed E-state index contributed by atoms with van der Waals surface area (Å²) in [5, 5.41) is 5.98. The van der Waals surface area contributed by atoms with Gasteiger partial charge in [-0.1, -0.05) is 18.2 Å². The number of hydrogen-bond acceptors (Lipinski definition) is 4. The number of hydrogen-bond donors (Lipinski definition) is 2. The van der Waals surface area contributed by atoms with Crippen molar-refractivity contribution in [3.63, 3.8) is 0 Å². The average molecular weight is 407 g/mol. The van der Waals surface area contributed by atoms with Crippen molar-refractivity contribution in [1.82, 2.24) is 15.1 Å². The lowest BCUT2D eigenvalue weighted by Crippen LogP contribution is -2.35. The van der Waals surface area contributed by atoms with E-state index in [0.29, 0.717) is 36.7 Å². The standard InChI is InChI=1S/C19H17F3N3O2P/c20-19(21,22)15-4-1-12(2-5-15)13-3-6-17-14(9-13)11-25(7-8-27-17)18(26)16-10-23-28-24-16/h1-6,9-10,23-24,28H,7-8,11H2. The van der Waals surface area contributed by atoms with Gasteiger partial charge in [0.25, 0.3) is 5.91 Å². The number of nitrogens with zero attached hydrogens (tertiary/aromatic N) is 1. The van der Waals surface area contributed by atoms with E-state index in [1.54, 1.807) is 17.2 Å². The van der Waals surface area contributed by atoms with Crippen LogP contribution in [0.4, 0.5) is 13.2 Å². The van der Waals surface area contributed by atoms with Crippen molar-refractivity contribution in [3.05, 3.63) is 65.5 Å². The molecule has 0 saturated heterocycles. The molecule has 28 heavy (non-hydrogen) atoms. The second kappa shape index (κ2) is 7.36. The molecule has 2 aliphatic heterocycles. The maximum absolute atomic E-state index is 12.8. The number of ether oxygens (including phenoxy) is 1. The molecule has 0 aromatic heterocycles. The maximum atomic E-state index is 12.8. The molecule has 2 aliphatic rings. The van der Waals surface area contributed by atoms with E-state index in [1.807, 2.05) is 12.1 Å². The lowest BCUT2D eigenvalue weighted by atomic mass is 10.0. The van der Waals surface area contributed by atoms with E-state index in [4.69, 9.17) is 4.74 Å². The second-order valence-electron chi connectivity index (χ2n) is 6.43. The highest BCUT2D eigenvalue weighted by Gasteiger charge is 2.30. The smallest absolute Gasteiger partial charge is 0.416 e. The first-order chi connectivity index (χ1) is 13.4. The molecule has 146 valence electrons. The monoisotopic (exact) mass is 407 g/mol. The molecule has 2 aromatic carbocycles. The van der Waals surface area contributed by atoms with Crippen LogP contribution >= 0.6 is 8.88 Å². The summed E-state index contributed by atoms with van der Waals surface area (Å²) in [6.07, 6.45) is -2.70. The molecule has 0 bridgehead atoms. The highest BCUT2D eigenvalue weighted by molar-refractivity contribution is 7.34. The number of benzene rings is 2. The highest BCUT2D eigenvalue weighted by atomic mass is 31.1. The van der Waals surface area contributed by atoms with Crippen LogP contribution < -0.4 is 14.9 Å². The van der Waals surface area contributed by atoms with Crippen LogP contribution in [0.2, 0.25) is 0 Å². The van der Waals surface area contributed by atoms with Crippen LogP contribution in [0.3, 0.4) is 0 Å². The summed E-state index contributed by atoms with van der Waals surface area (Å²) in [5.74, 6) is 0.563. The average Bonchev–Trinajstić information content (AvgIpc) is 3.13. The molecule has 0 saturated carbocycles. The largest absolute Gasteiger partial charge is 0.491 e. The molecule has 0 spiro atoms. The fraction of sp³-hybridized carbons (Fsp3) is 0.211. The van der Waals surface area contributed by atoms with Gasteiger partial charge >= 0.3 is 6.18 Å². The van der Waals surface area contributed by atoms with Gasteiger partial charge in [0.05, 0.1) is 21.0 Å². The number of carbonyl (C=O) groups is 1. The number of rotatable bonds is 2. The zero-order valence-corrected chi connectivity index (χ0v) is 15.6. The van der Waals surface area contributed by atoms with Gasteiger partial charge in [0.15, 0.2) is 0 Å². The van der Waals surface area contributed by atoms with Gasteiger partial charge in [-0.15, -0.1) is 0 Å². The van der Waals surface area contributed by atoms with Crippen LogP contribution in [0.1, 0.15) is 11.1 Å². The highest BCUT2D eigenvalue weighted by Crippen LogP contribution is 2.33. The Labute approximate surface area is 161 Å². The molecular formula is C19H17F3N3O2P. The van der Waals surface area contributed by atoms with Gasteiger partial charge < -0.3 is 19.8 Å². The van der Waals surface area contributed by atoms with E-state index < -0.39 is 11.7 Å². The number of halogens is 3. The van der Waals surface area contributed by atoms with Crippen molar-refractivity contribution in [1.29, 1.82) is 0 Å². The maximum Gasteiger partial charge on any atom is 0.416 e. The molecule has 0 fully saturated rings. The van der Waals surface area contributed by atoms with Crippen LogP contribution in [0, 0.1) is 0 Å². The Bertz CT molecular complexity index is 929. The lowest BCUT2D eigenvalue weighted by Gasteiger charge is -2.20. The Hall–Kier alpha value is -2.73. The summed E-state index contributed by atoms with van der Waals surface area (Å²) in [7, 11) is 0.280. The van der Waals surface area contributed by atoms with Crippen LogP contribution in [0.5, 0.6) is 5.75 Å². The predicted octanol–water partition coefficient (Wildman–Crippen LogP) is 3.64. The number of carbonyl (C=O) groups excluding carboxylic acids is 1. The minimum absolute atomic E-state index is 0.117. The Balaban J connectivity index is 1.59. The molecule has 1 atom stereocenters. The number of alkyl halides is 3. The van der Waals surface area contributed by atoms with Crippen molar-refractivity contribution in [2.75, 3.05) is 13.2 Å². The van der Waals surface area contributed by atoms with E-state index in [0.717, 1.165) is 23.3 Å². The third kappa shape index (κ3) is 3.78. The first kappa shape index (κ1) is 18.6. The van der Waals surface area contributed by atoms with Gasteiger partial charge in [0.2, 0.25) is 0 Å². The fourth-order valence-corrected chi connectivity index (χ4v) is 3.73. The molecule has 2 N–H and O–H groups in total. The number of amides is 1. The lowest BCUT2D eigenvalue weighted by molar-refractivity contribution is -0.137. The first-order valence-corrected chi connectivity index (χ1v) is 9.61. The molecule has 2 heterocycles. The Kier molecular flexibility index (Phi) is 4.89. The summed E-state index contributed by atoms with van der Waals surface area (Å²) >= 11 is 0. The topological polar surface area (TPSA) is 53.6 Å². The second-order valence-corrected chi connectivity index (χ2v) is 7.21. The Morgan fingerprint density at radius 1 is 1.11 bits per heavy atom. The molecule has 2 aromatic rings. The molecule has 0 aliphatic carbocycles. The number of fused-ring (bicyclic) bond motifs is 1. The van der Waals surface area contributed by atoms with E-state index in [9.17, 15) is 18.0 Å². The molecular weight excluding hydrogens is 390 g/mol. The number of nitrogens with one attached hydrogen (secondary N) is 2. The van der Waals surface area contributed by atoms with Crippen molar-refractivity contribution in [2.45, 2.75) is 12.7 Å². The molecule has 1 amide bonds. The molecule has 9 heteroatoms. The SMILES string of the molecule is O=C(C1=CNPN1)N1CCOc2ccc(-c3ccc(C(F)(F)F)cc3)cc2C1. The van der Waals surface area contributed by atoms with E-state index >= 15 is 0 Å². The van der Waals surface area contributed by atoms with Gasteiger partial charge in [-0.3, -0.25) is 4.79 Å². The van der Waals surface area contributed by atoms with E-state index in [1.165, 1.54) is 12.1 Å². The van der Waals surface area contributed by atoms with Gasteiger partial charge in [0, 0.05) is 18.3 Å². The normalized spacial score (nSPS) is 17.1. The third-order valence-corrected chi connectivity index (χ3v) is 5.27. The van der Waals surface area contributed by atoms with Crippen molar-refractivity contribution in [3.8, 4) is 16.9 Å². The van der Waals surface area contributed by atoms with Crippen LogP contribution in [0.25, 0.3) is 11.1 Å². The molecule has 1 unspecified atom stereocenters. The van der Waals surface area contributed by atoms with Crippen LogP contribution in [0.15, 0.2) is 54.4 Å². The summed E-state index contributed by atoms with van der Waals surface area (Å²) in [4.78, 5) is 14.3. The van der Waals surface area contributed by atoms with Crippen LogP contribution in [-0.2, 0) is 17.5 Å². The van der Waals surface area contributed by atoms with Gasteiger partial charge in [-0.05, 0) is 35.4 Å². The quantitative estimate of drug-likeness (QED) is 0.747. The van der Waals surface area contributed by atoms with Crippen molar-refractivity contribution >= 4 is 14.8 Å². The molecule has 0 radical (unpaired) electrons. The van der Waals surface area contributed by atoms with Crippen molar-refractivity contribution < 1.29 is 22.7 Å². The Morgan fingerprint density at radius 2 is 1.86 bits per heavy atom. The summed E-state index contributed by atoms with van der Waals surface area (Å²) in [5.41, 5.74) is 2.09. The Morgan fingerprint density at radius 3 is 2.54 bits per heavy atom. The molecule has 4 rings (SSSR count). The first-order valence-electron chi connectivity index (χ1n) is 8.61. The minimum atomic E-state index is -4.36.